The van der Waals surface area contributed by atoms with Gasteiger partial charge in [-0.25, -0.2) is 9.18 Å². The Bertz CT molecular complexity index is 1520. The Labute approximate surface area is 225 Å². The van der Waals surface area contributed by atoms with Crippen LogP contribution in [0.15, 0.2) is 65.5 Å². The molecule has 204 valence electrons. The number of fused-ring (bicyclic) bond motifs is 1. The van der Waals surface area contributed by atoms with Gasteiger partial charge in [-0.1, -0.05) is 6.07 Å². The largest absolute Gasteiger partial charge is 0.493 e. The third-order valence-corrected chi connectivity index (χ3v) is 6.29. The van der Waals surface area contributed by atoms with Crippen molar-refractivity contribution in [1.82, 2.24) is 9.88 Å². The first-order chi connectivity index (χ1) is 18.8. The zero-order valence-corrected chi connectivity index (χ0v) is 22.2. The summed E-state index contributed by atoms with van der Waals surface area (Å²) in [7, 11) is 6.17. The molecule has 0 bridgehead atoms. The lowest BCUT2D eigenvalue weighted by molar-refractivity contribution is 0.209. The molecule has 9 nitrogen and oxygen atoms in total. The van der Waals surface area contributed by atoms with Crippen LogP contribution in [0.5, 0.6) is 23.0 Å². The lowest BCUT2D eigenvalue weighted by Gasteiger charge is -2.23. The van der Waals surface area contributed by atoms with Gasteiger partial charge in [0.2, 0.25) is 0 Å². The number of carbonyl (C=O) groups excluding carboxylic acids is 1. The maximum absolute atomic E-state index is 13.4. The Morgan fingerprint density at radius 2 is 1.49 bits per heavy atom. The minimum absolute atomic E-state index is 0.0277. The first-order valence-electron chi connectivity index (χ1n) is 12.2. The number of hydrogen-bond donors (Lipinski definition) is 2. The number of aromatic amines is 1. The van der Waals surface area contributed by atoms with Gasteiger partial charge in [-0.15, -0.1) is 0 Å². The highest BCUT2D eigenvalue weighted by Crippen LogP contribution is 2.31. The molecule has 39 heavy (non-hydrogen) atoms. The predicted molar refractivity (Wildman–Crippen MR) is 147 cm³/mol. The van der Waals surface area contributed by atoms with Crippen molar-refractivity contribution in [3.63, 3.8) is 0 Å². The van der Waals surface area contributed by atoms with Crippen LogP contribution in [0.4, 0.5) is 14.9 Å². The molecule has 0 fully saturated rings. The standard InChI is InChI=1S/C29H30FN3O6/c1-36-24-10-5-18(13-25(24)37-2)11-12-33(29(35)31-22-8-6-21(30)7-9-22)17-20-14-19-15-26(38-3)27(39-4)16-23(19)32-28(20)34/h5-10,13-16H,11-12,17H2,1-4H3,(H,31,35)(H,32,34). The summed E-state index contributed by atoms with van der Waals surface area (Å²) in [5.74, 6) is 1.77. The van der Waals surface area contributed by atoms with Crippen LogP contribution in [0.25, 0.3) is 10.9 Å². The highest BCUT2D eigenvalue weighted by Gasteiger charge is 2.18. The fourth-order valence-corrected chi connectivity index (χ4v) is 4.19. The number of pyridine rings is 1. The van der Waals surface area contributed by atoms with Crippen LogP contribution in [-0.2, 0) is 13.0 Å². The van der Waals surface area contributed by atoms with E-state index in [0.717, 1.165) is 10.9 Å². The van der Waals surface area contributed by atoms with Gasteiger partial charge in [0.25, 0.3) is 5.56 Å². The van der Waals surface area contributed by atoms with E-state index >= 15 is 0 Å². The van der Waals surface area contributed by atoms with Gasteiger partial charge in [0.05, 0.1) is 40.5 Å². The van der Waals surface area contributed by atoms with E-state index in [1.165, 1.54) is 43.4 Å². The SMILES string of the molecule is COc1ccc(CCN(Cc2cc3cc(OC)c(OC)cc3[nH]c2=O)C(=O)Nc2ccc(F)cc2)cc1OC. The molecule has 3 aromatic carbocycles. The summed E-state index contributed by atoms with van der Waals surface area (Å²) in [4.78, 5) is 30.7. The molecule has 0 aliphatic heterocycles. The molecule has 2 N–H and O–H groups in total. The van der Waals surface area contributed by atoms with E-state index < -0.39 is 11.8 Å². The topological polar surface area (TPSA) is 102 Å². The highest BCUT2D eigenvalue weighted by molar-refractivity contribution is 5.89. The molecule has 0 saturated carbocycles. The number of rotatable bonds is 10. The molecule has 2 amide bonds. The molecule has 0 aliphatic carbocycles. The molecule has 4 rings (SSSR count). The van der Waals surface area contributed by atoms with Gasteiger partial charge in [0.1, 0.15) is 5.82 Å². The van der Waals surface area contributed by atoms with Gasteiger partial charge in [0, 0.05) is 29.2 Å². The summed E-state index contributed by atoms with van der Waals surface area (Å²) in [5, 5.41) is 3.51. The molecule has 0 unspecified atom stereocenters. The number of benzene rings is 3. The van der Waals surface area contributed by atoms with Crippen molar-refractivity contribution in [2.24, 2.45) is 0 Å². The van der Waals surface area contributed by atoms with Crippen LogP contribution in [0.1, 0.15) is 11.1 Å². The number of aromatic nitrogens is 1. The first kappa shape index (κ1) is 27.3. The monoisotopic (exact) mass is 535 g/mol. The van der Waals surface area contributed by atoms with Crippen molar-refractivity contribution in [3.05, 3.63) is 88.0 Å². The third kappa shape index (κ3) is 6.40. The Balaban J connectivity index is 1.63. The lowest BCUT2D eigenvalue weighted by Crippen LogP contribution is -2.37. The molecule has 10 heteroatoms. The van der Waals surface area contributed by atoms with Gasteiger partial charge >= 0.3 is 6.03 Å². The average molecular weight is 536 g/mol. The number of anilines is 1. The number of nitrogens with one attached hydrogen (secondary N) is 2. The molecular formula is C29H30FN3O6. The average Bonchev–Trinajstić information content (AvgIpc) is 2.95. The van der Waals surface area contributed by atoms with E-state index in [2.05, 4.69) is 10.3 Å². The number of ether oxygens (including phenoxy) is 4. The molecule has 0 radical (unpaired) electrons. The minimum Gasteiger partial charge on any atom is -0.493 e. The Morgan fingerprint density at radius 3 is 2.15 bits per heavy atom. The quantitative estimate of drug-likeness (QED) is 0.297. The smallest absolute Gasteiger partial charge is 0.322 e. The zero-order chi connectivity index (χ0) is 27.9. The van der Waals surface area contributed by atoms with E-state index in [1.54, 1.807) is 38.5 Å². The van der Waals surface area contributed by atoms with Gasteiger partial charge in [-0.05, 0) is 60.5 Å². The van der Waals surface area contributed by atoms with Crippen molar-refractivity contribution in [3.8, 4) is 23.0 Å². The van der Waals surface area contributed by atoms with E-state index in [4.69, 9.17) is 18.9 Å². The lowest BCUT2D eigenvalue weighted by atomic mass is 10.1. The van der Waals surface area contributed by atoms with Crippen molar-refractivity contribution >= 4 is 22.6 Å². The summed E-state index contributed by atoms with van der Waals surface area (Å²) >= 11 is 0. The minimum atomic E-state index is -0.436. The fraction of sp³-hybridized carbons (Fsp3) is 0.241. The first-order valence-corrected chi connectivity index (χ1v) is 12.2. The van der Waals surface area contributed by atoms with Crippen molar-refractivity contribution in [2.75, 3.05) is 40.3 Å². The summed E-state index contributed by atoms with van der Waals surface area (Å²) in [6.45, 7) is 0.311. The maximum atomic E-state index is 13.4. The normalized spacial score (nSPS) is 10.7. The molecular weight excluding hydrogens is 505 g/mol. The van der Waals surface area contributed by atoms with E-state index in [-0.39, 0.29) is 18.6 Å². The molecule has 0 spiro atoms. The van der Waals surface area contributed by atoms with Gasteiger partial charge in [-0.2, -0.15) is 0 Å². The number of hydrogen-bond acceptors (Lipinski definition) is 6. The van der Waals surface area contributed by atoms with Crippen LogP contribution < -0.4 is 29.8 Å². The molecule has 1 heterocycles. The second-order valence-corrected chi connectivity index (χ2v) is 8.72. The van der Waals surface area contributed by atoms with E-state index in [1.807, 2.05) is 12.1 Å². The zero-order valence-electron chi connectivity index (χ0n) is 22.2. The van der Waals surface area contributed by atoms with Gasteiger partial charge in [0.15, 0.2) is 23.0 Å². The van der Waals surface area contributed by atoms with E-state index in [9.17, 15) is 14.0 Å². The number of methoxy groups -OCH3 is 4. The molecule has 1 aromatic heterocycles. The van der Waals surface area contributed by atoms with Crippen LogP contribution in [0.2, 0.25) is 0 Å². The van der Waals surface area contributed by atoms with Crippen LogP contribution in [-0.4, -0.2) is 50.9 Å². The number of H-pyrrole nitrogens is 1. The van der Waals surface area contributed by atoms with E-state index in [0.29, 0.717) is 46.2 Å². The van der Waals surface area contributed by atoms with Crippen LogP contribution >= 0.6 is 0 Å². The maximum Gasteiger partial charge on any atom is 0.322 e. The molecule has 0 aliphatic rings. The second-order valence-electron chi connectivity index (χ2n) is 8.72. The Hall–Kier alpha value is -4.73. The summed E-state index contributed by atoms with van der Waals surface area (Å²) < 4.78 is 34.8. The van der Waals surface area contributed by atoms with Crippen LogP contribution in [0.3, 0.4) is 0 Å². The Kier molecular flexibility index (Phi) is 8.55. The second kappa shape index (κ2) is 12.2. The predicted octanol–water partition coefficient (Wildman–Crippen LogP) is 4.98. The highest BCUT2D eigenvalue weighted by atomic mass is 19.1. The fourth-order valence-electron chi connectivity index (χ4n) is 4.19. The van der Waals surface area contributed by atoms with Crippen molar-refractivity contribution in [2.45, 2.75) is 13.0 Å². The van der Waals surface area contributed by atoms with Crippen molar-refractivity contribution in [1.29, 1.82) is 0 Å². The number of nitrogens with zero attached hydrogens (tertiary/aromatic N) is 1. The molecule has 0 atom stereocenters. The third-order valence-electron chi connectivity index (χ3n) is 6.29. The summed E-state index contributed by atoms with van der Waals surface area (Å²) in [6, 6.07) is 15.8. The summed E-state index contributed by atoms with van der Waals surface area (Å²) in [5.41, 5.74) is 1.98. The number of carbonyl (C=O) groups is 1. The number of halogens is 1. The van der Waals surface area contributed by atoms with Crippen molar-refractivity contribution < 1.29 is 28.1 Å². The number of amides is 2. The van der Waals surface area contributed by atoms with Crippen LogP contribution in [0, 0.1) is 5.82 Å². The van der Waals surface area contributed by atoms with Gasteiger partial charge < -0.3 is 34.1 Å². The molecule has 0 saturated heterocycles. The van der Waals surface area contributed by atoms with Gasteiger partial charge in [-0.3, -0.25) is 4.79 Å². The summed E-state index contributed by atoms with van der Waals surface area (Å²) in [6.07, 6.45) is 0.480. The number of urea groups is 1. The Morgan fingerprint density at radius 1 is 0.846 bits per heavy atom. The molecule has 4 aromatic rings.